The van der Waals surface area contributed by atoms with Gasteiger partial charge in [-0.25, -0.2) is 0 Å². The number of hydrogen-bond acceptors (Lipinski definition) is 3. The van der Waals surface area contributed by atoms with Gasteiger partial charge in [-0.15, -0.1) is 26.3 Å². The fraction of sp³-hybridized carbons (Fsp3) is 0.133. The molecule has 0 amide bonds. The molecule has 2 rings (SSSR count). The number of ether oxygens (including phenoxy) is 2. The van der Waals surface area contributed by atoms with Gasteiger partial charge in [-0.2, -0.15) is 0 Å². The summed E-state index contributed by atoms with van der Waals surface area (Å²) in [7, 11) is 0. The number of alkyl halides is 6. The van der Waals surface area contributed by atoms with Gasteiger partial charge in [-0.1, -0.05) is 24.3 Å². The maximum absolute atomic E-state index is 12.4. The molecule has 0 radical (unpaired) electrons. The Morgan fingerprint density at radius 1 is 0.833 bits per heavy atom. The Labute approximate surface area is 131 Å². The van der Waals surface area contributed by atoms with Crippen molar-refractivity contribution in [1.29, 1.82) is 0 Å². The van der Waals surface area contributed by atoms with Crippen LogP contribution in [0.4, 0.5) is 26.3 Å². The van der Waals surface area contributed by atoms with E-state index in [0.29, 0.717) is 0 Å². The summed E-state index contributed by atoms with van der Waals surface area (Å²) in [4.78, 5) is 11.2. The van der Waals surface area contributed by atoms with Crippen LogP contribution in [0.2, 0.25) is 0 Å². The van der Waals surface area contributed by atoms with E-state index in [1.165, 1.54) is 24.3 Å². The summed E-state index contributed by atoms with van der Waals surface area (Å²) in [5, 5.41) is 0. The topological polar surface area (TPSA) is 35.5 Å². The number of aldehydes is 1. The van der Waals surface area contributed by atoms with Crippen molar-refractivity contribution < 1.29 is 40.6 Å². The summed E-state index contributed by atoms with van der Waals surface area (Å²) in [6.07, 6.45) is -9.81. The fourth-order valence-electron chi connectivity index (χ4n) is 1.99. The molecule has 3 nitrogen and oxygen atoms in total. The molecule has 128 valence electrons. The third kappa shape index (κ3) is 4.64. The largest absolute Gasteiger partial charge is 0.573 e. The van der Waals surface area contributed by atoms with Gasteiger partial charge in [0, 0.05) is 0 Å². The fourth-order valence-corrected chi connectivity index (χ4v) is 1.99. The third-order valence-electron chi connectivity index (χ3n) is 2.79. The Kier molecular flexibility index (Phi) is 4.72. The summed E-state index contributed by atoms with van der Waals surface area (Å²) in [5.41, 5.74) is -0.412. The zero-order valence-corrected chi connectivity index (χ0v) is 11.6. The molecule has 0 saturated carbocycles. The van der Waals surface area contributed by atoms with E-state index < -0.39 is 29.8 Å². The van der Waals surface area contributed by atoms with Crippen LogP contribution in [0.3, 0.4) is 0 Å². The van der Waals surface area contributed by atoms with E-state index in [-0.39, 0.29) is 17.4 Å². The molecule has 0 unspecified atom stereocenters. The Morgan fingerprint density at radius 2 is 1.46 bits per heavy atom. The monoisotopic (exact) mass is 350 g/mol. The number of benzene rings is 2. The molecule has 0 saturated heterocycles. The van der Waals surface area contributed by atoms with Gasteiger partial charge in [0.15, 0.2) is 6.29 Å². The highest BCUT2D eigenvalue weighted by atomic mass is 19.4. The first kappa shape index (κ1) is 17.6. The quantitative estimate of drug-likeness (QED) is 0.577. The molecule has 0 fully saturated rings. The van der Waals surface area contributed by atoms with Crippen molar-refractivity contribution in [3.8, 4) is 22.6 Å². The zero-order chi connectivity index (χ0) is 18.0. The van der Waals surface area contributed by atoms with Crippen LogP contribution in [0, 0.1) is 0 Å². The third-order valence-corrected chi connectivity index (χ3v) is 2.79. The van der Waals surface area contributed by atoms with Crippen LogP contribution >= 0.6 is 0 Å². The van der Waals surface area contributed by atoms with E-state index in [1.54, 1.807) is 0 Å². The smallest absolute Gasteiger partial charge is 0.406 e. The van der Waals surface area contributed by atoms with E-state index in [1.807, 2.05) is 0 Å². The molecule has 0 N–H and O–H groups in total. The molecule has 24 heavy (non-hydrogen) atoms. The van der Waals surface area contributed by atoms with Crippen molar-refractivity contribution in [1.82, 2.24) is 0 Å². The summed E-state index contributed by atoms with van der Waals surface area (Å²) >= 11 is 0. The summed E-state index contributed by atoms with van der Waals surface area (Å²) in [6.45, 7) is 0. The number of carbonyl (C=O) groups is 1. The maximum atomic E-state index is 12.4. The predicted molar refractivity (Wildman–Crippen MR) is 70.6 cm³/mol. The molecule has 0 bridgehead atoms. The highest BCUT2D eigenvalue weighted by Crippen LogP contribution is 2.34. The number of halogens is 6. The van der Waals surface area contributed by atoms with E-state index in [0.717, 1.165) is 18.2 Å². The van der Waals surface area contributed by atoms with E-state index in [4.69, 9.17) is 0 Å². The van der Waals surface area contributed by atoms with Gasteiger partial charge < -0.3 is 9.47 Å². The Morgan fingerprint density at radius 3 is 2.04 bits per heavy atom. The van der Waals surface area contributed by atoms with Crippen LogP contribution in [0.5, 0.6) is 11.5 Å². The molecule has 0 heterocycles. The van der Waals surface area contributed by atoms with Gasteiger partial charge in [-0.3, -0.25) is 4.79 Å². The highest BCUT2D eigenvalue weighted by Gasteiger charge is 2.33. The first-order chi connectivity index (χ1) is 11.1. The lowest BCUT2D eigenvalue weighted by Gasteiger charge is -2.14. The lowest BCUT2D eigenvalue weighted by atomic mass is 9.99. The average Bonchev–Trinajstić information content (AvgIpc) is 2.43. The standard InChI is InChI=1S/C15H8F6O3/c16-14(17,18)23-10-4-1-3-9(7-10)11-5-2-6-13(12(11)8-22)24-15(19,20)21/h1-8H. The van der Waals surface area contributed by atoms with Crippen LogP contribution in [-0.2, 0) is 0 Å². The second kappa shape index (κ2) is 6.42. The van der Waals surface area contributed by atoms with Crippen molar-refractivity contribution in [2.75, 3.05) is 0 Å². The molecular formula is C15H8F6O3. The van der Waals surface area contributed by atoms with Gasteiger partial charge in [0.25, 0.3) is 0 Å². The minimum atomic E-state index is -5.02. The second-order valence-electron chi connectivity index (χ2n) is 4.46. The maximum Gasteiger partial charge on any atom is 0.573 e. The van der Waals surface area contributed by atoms with Crippen LogP contribution in [0.15, 0.2) is 42.5 Å². The van der Waals surface area contributed by atoms with Crippen LogP contribution < -0.4 is 9.47 Å². The lowest BCUT2D eigenvalue weighted by molar-refractivity contribution is -0.275. The normalized spacial score (nSPS) is 11.9. The van der Waals surface area contributed by atoms with Crippen LogP contribution in [0.25, 0.3) is 11.1 Å². The molecule has 2 aromatic rings. The molecular weight excluding hydrogens is 342 g/mol. The Hall–Kier alpha value is -2.71. The van der Waals surface area contributed by atoms with E-state index in [9.17, 15) is 31.1 Å². The zero-order valence-electron chi connectivity index (χ0n) is 11.6. The second-order valence-corrected chi connectivity index (χ2v) is 4.46. The number of carbonyl (C=O) groups excluding carboxylic acids is 1. The van der Waals surface area contributed by atoms with Gasteiger partial charge in [0.05, 0.1) is 5.56 Å². The summed E-state index contributed by atoms with van der Waals surface area (Å²) in [6, 6.07) is 7.89. The molecule has 0 aliphatic rings. The van der Waals surface area contributed by atoms with Crippen LogP contribution in [-0.4, -0.2) is 19.0 Å². The summed E-state index contributed by atoms with van der Waals surface area (Å²) in [5.74, 6) is -1.32. The molecule has 0 aromatic heterocycles. The van der Waals surface area contributed by atoms with Gasteiger partial charge in [-0.05, 0) is 29.3 Å². The summed E-state index contributed by atoms with van der Waals surface area (Å²) < 4.78 is 81.3. The minimum Gasteiger partial charge on any atom is -0.406 e. The van der Waals surface area contributed by atoms with E-state index >= 15 is 0 Å². The molecule has 0 atom stereocenters. The van der Waals surface area contributed by atoms with Crippen molar-refractivity contribution in [3.05, 3.63) is 48.0 Å². The first-order valence-electron chi connectivity index (χ1n) is 6.29. The van der Waals surface area contributed by atoms with Gasteiger partial charge in [0.2, 0.25) is 0 Å². The van der Waals surface area contributed by atoms with E-state index in [2.05, 4.69) is 9.47 Å². The number of rotatable bonds is 4. The van der Waals surface area contributed by atoms with Gasteiger partial charge >= 0.3 is 12.7 Å². The van der Waals surface area contributed by atoms with Crippen molar-refractivity contribution in [2.45, 2.75) is 12.7 Å². The molecule has 0 aliphatic carbocycles. The Bertz CT molecular complexity index is 737. The highest BCUT2D eigenvalue weighted by molar-refractivity contribution is 5.91. The average molecular weight is 350 g/mol. The molecule has 9 heteroatoms. The molecule has 2 aromatic carbocycles. The van der Waals surface area contributed by atoms with Crippen molar-refractivity contribution >= 4 is 6.29 Å². The SMILES string of the molecule is O=Cc1c(OC(F)(F)F)cccc1-c1cccc(OC(F)(F)F)c1. The minimum absolute atomic E-state index is 0.0284. The molecule has 0 aliphatic heterocycles. The van der Waals surface area contributed by atoms with Gasteiger partial charge in [0.1, 0.15) is 11.5 Å². The van der Waals surface area contributed by atoms with Crippen molar-refractivity contribution in [2.24, 2.45) is 0 Å². The number of hydrogen-bond donors (Lipinski definition) is 0. The molecule has 0 spiro atoms. The lowest BCUT2D eigenvalue weighted by Crippen LogP contribution is -2.18. The predicted octanol–water partition coefficient (Wildman–Crippen LogP) is 4.96. The Balaban J connectivity index is 2.47. The van der Waals surface area contributed by atoms with Crippen LogP contribution in [0.1, 0.15) is 10.4 Å². The van der Waals surface area contributed by atoms with Crippen molar-refractivity contribution in [3.63, 3.8) is 0 Å². The first-order valence-corrected chi connectivity index (χ1v) is 6.29.